The number of hydrogen-bond acceptors (Lipinski definition) is 2. The molecule has 0 N–H and O–H groups in total. The highest BCUT2D eigenvalue weighted by atomic mass is 28.4. The Morgan fingerprint density at radius 1 is 0.905 bits per heavy atom. The first-order valence-corrected chi connectivity index (χ1v) is 13.7. The molecule has 21 heavy (non-hydrogen) atoms. The molecule has 0 aliphatic rings. The summed E-state index contributed by atoms with van der Waals surface area (Å²) in [7, 11) is -3.56. The highest BCUT2D eigenvalue weighted by molar-refractivity contribution is 6.74. The zero-order valence-electron chi connectivity index (χ0n) is 15.9. The smallest absolute Gasteiger partial charge is 0.192 e. The molecule has 2 nitrogen and oxygen atoms in total. The third kappa shape index (κ3) is 6.27. The monoisotopic (exact) mass is 328 g/mol. The lowest BCUT2D eigenvalue weighted by Crippen LogP contribution is -2.47. The van der Waals surface area contributed by atoms with Crippen LogP contribution in [-0.4, -0.2) is 29.3 Å². The van der Waals surface area contributed by atoms with Crippen molar-refractivity contribution in [2.75, 3.05) is 6.61 Å². The van der Waals surface area contributed by atoms with Gasteiger partial charge in [-0.2, -0.15) is 0 Å². The van der Waals surface area contributed by atoms with Gasteiger partial charge in [-0.05, 0) is 36.3 Å². The maximum atomic E-state index is 6.44. The molecule has 0 spiro atoms. The maximum absolute atomic E-state index is 6.44. The van der Waals surface area contributed by atoms with E-state index in [4.69, 9.17) is 15.3 Å². The van der Waals surface area contributed by atoms with Crippen LogP contribution in [0.2, 0.25) is 36.3 Å². The predicted octanol–water partition coefficient (Wildman–Crippen LogP) is 5.42. The van der Waals surface area contributed by atoms with Gasteiger partial charge in [0.15, 0.2) is 16.6 Å². The number of terminal acetylenes is 1. The second-order valence-electron chi connectivity index (χ2n) is 8.98. The van der Waals surface area contributed by atoms with E-state index in [0.29, 0.717) is 13.0 Å². The van der Waals surface area contributed by atoms with Crippen LogP contribution in [0.15, 0.2) is 0 Å². The lowest BCUT2D eigenvalue weighted by atomic mass is 10.2. The normalized spacial score (nSPS) is 15.7. The summed E-state index contributed by atoms with van der Waals surface area (Å²) in [6.07, 6.45) is 6.17. The molecule has 0 aliphatic carbocycles. The van der Waals surface area contributed by atoms with Gasteiger partial charge in [0.05, 0.1) is 12.7 Å². The van der Waals surface area contributed by atoms with Gasteiger partial charge in [0.2, 0.25) is 0 Å². The van der Waals surface area contributed by atoms with E-state index >= 15 is 0 Å². The van der Waals surface area contributed by atoms with Crippen molar-refractivity contribution < 1.29 is 8.85 Å². The van der Waals surface area contributed by atoms with E-state index in [1.165, 1.54) is 0 Å². The van der Waals surface area contributed by atoms with Gasteiger partial charge in [-0.25, -0.2) is 0 Å². The molecule has 0 unspecified atom stereocenters. The quantitative estimate of drug-likeness (QED) is 0.478. The van der Waals surface area contributed by atoms with Crippen LogP contribution in [0.3, 0.4) is 0 Å². The van der Waals surface area contributed by atoms with E-state index in [1.807, 2.05) is 0 Å². The molecule has 0 saturated carbocycles. The van der Waals surface area contributed by atoms with Gasteiger partial charge in [-0.15, -0.1) is 12.3 Å². The molecule has 0 bridgehead atoms. The van der Waals surface area contributed by atoms with E-state index in [0.717, 1.165) is 0 Å². The van der Waals surface area contributed by atoms with Crippen molar-refractivity contribution in [3.63, 3.8) is 0 Å². The fraction of sp³-hybridized carbons (Fsp3) is 0.882. The summed E-state index contributed by atoms with van der Waals surface area (Å²) < 4.78 is 12.8. The fourth-order valence-electron chi connectivity index (χ4n) is 1.38. The molecule has 0 aromatic rings. The summed E-state index contributed by atoms with van der Waals surface area (Å²) in [6.45, 7) is 23.2. The molecule has 4 heteroatoms. The topological polar surface area (TPSA) is 18.5 Å². The third-order valence-electron chi connectivity index (χ3n) is 5.05. The average molecular weight is 329 g/mol. The molecule has 0 amide bonds. The maximum Gasteiger partial charge on any atom is 0.192 e. The van der Waals surface area contributed by atoms with Crippen LogP contribution in [-0.2, 0) is 8.85 Å². The van der Waals surface area contributed by atoms with Crippen molar-refractivity contribution in [1.29, 1.82) is 0 Å². The Balaban J connectivity index is 4.86. The van der Waals surface area contributed by atoms with Crippen molar-refractivity contribution in [2.45, 2.75) is 90.3 Å². The van der Waals surface area contributed by atoms with Gasteiger partial charge >= 0.3 is 0 Å². The Bertz CT molecular complexity index is 368. The van der Waals surface area contributed by atoms with E-state index in [2.05, 4.69) is 73.7 Å². The summed E-state index contributed by atoms with van der Waals surface area (Å²) in [5.41, 5.74) is 0. The van der Waals surface area contributed by atoms with E-state index in [9.17, 15) is 0 Å². The first-order valence-electron chi connectivity index (χ1n) is 7.89. The van der Waals surface area contributed by atoms with Crippen LogP contribution in [0.25, 0.3) is 0 Å². The van der Waals surface area contributed by atoms with Crippen molar-refractivity contribution in [3.8, 4) is 12.3 Å². The summed E-state index contributed by atoms with van der Waals surface area (Å²) in [5.74, 6) is 2.75. The summed E-state index contributed by atoms with van der Waals surface area (Å²) in [6, 6.07) is 0. The largest absolute Gasteiger partial charge is 0.414 e. The first kappa shape index (κ1) is 20.9. The molecule has 0 aromatic carbocycles. The van der Waals surface area contributed by atoms with Crippen LogP contribution in [0.5, 0.6) is 0 Å². The van der Waals surface area contributed by atoms with Gasteiger partial charge in [0, 0.05) is 6.42 Å². The van der Waals surface area contributed by atoms with E-state index in [-0.39, 0.29) is 16.2 Å². The van der Waals surface area contributed by atoms with Crippen molar-refractivity contribution in [1.82, 2.24) is 0 Å². The van der Waals surface area contributed by atoms with Crippen LogP contribution in [0, 0.1) is 12.3 Å². The fourth-order valence-corrected chi connectivity index (χ4v) is 3.75. The predicted molar refractivity (Wildman–Crippen MR) is 98.7 cm³/mol. The molecule has 124 valence electrons. The zero-order chi connectivity index (χ0) is 17.1. The van der Waals surface area contributed by atoms with Gasteiger partial charge in [0.1, 0.15) is 0 Å². The highest BCUT2D eigenvalue weighted by Crippen LogP contribution is 2.39. The molecule has 0 saturated heterocycles. The van der Waals surface area contributed by atoms with Crippen molar-refractivity contribution in [2.24, 2.45) is 0 Å². The van der Waals surface area contributed by atoms with E-state index in [1.54, 1.807) is 0 Å². The second kappa shape index (κ2) is 6.99. The van der Waals surface area contributed by atoms with Gasteiger partial charge in [-0.1, -0.05) is 41.5 Å². The molecular weight excluding hydrogens is 292 g/mol. The molecule has 0 heterocycles. The average Bonchev–Trinajstić information content (AvgIpc) is 2.22. The van der Waals surface area contributed by atoms with Gasteiger partial charge in [-0.3, -0.25) is 0 Å². The number of hydrogen-bond donors (Lipinski definition) is 0. The minimum Gasteiger partial charge on any atom is -0.414 e. The summed E-state index contributed by atoms with van der Waals surface area (Å²) in [4.78, 5) is 0. The second-order valence-corrected chi connectivity index (χ2v) is 18.5. The lowest BCUT2D eigenvalue weighted by molar-refractivity contribution is 0.111. The van der Waals surface area contributed by atoms with Gasteiger partial charge < -0.3 is 8.85 Å². The molecule has 0 aromatic heterocycles. The van der Waals surface area contributed by atoms with Crippen LogP contribution >= 0.6 is 0 Å². The standard InChI is InChI=1S/C17H36O2Si2/c1-12-13-15(19-21(10,11)17(5,6)7)14-18-20(8,9)16(2,3)4/h1,15H,13-14H2,2-11H3/t15-/m1/s1. The minimum absolute atomic E-state index is 0.0185. The Kier molecular flexibility index (Phi) is 6.97. The molecule has 0 fully saturated rings. The SMILES string of the molecule is C#CC[C@H](CO[Si](C)(C)C(C)(C)C)O[Si](C)(C)C(C)(C)C. The summed E-state index contributed by atoms with van der Waals surface area (Å²) >= 11 is 0. The molecule has 0 aliphatic heterocycles. The van der Waals surface area contributed by atoms with Crippen LogP contribution in [0.1, 0.15) is 48.0 Å². The zero-order valence-corrected chi connectivity index (χ0v) is 17.9. The van der Waals surface area contributed by atoms with Crippen LogP contribution < -0.4 is 0 Å². The highest BCUT2D eigenvalue weighted by Gasteiger charge is 2.41. The molecular formula is C17H36O2Si2. The van der Waals surface area contributed by atoms with Crippen LogP contribution in [0.4, 0.5) is 0 Å². The Hall–Kier alpha value is -0.0862. The molecule has 0 radical (unpaired) electrons. The first-order chi connectivity index (χ1) is 9.14. The molecule has 1 atom stereocenters. The van der Waals surface area contributed by atoms with Crippen molar-refractivity contribution >= 4 is 16.6 Å². The third-order valence-corrected chi connectivity index (χ3v) is 14.1. The molecule has 0 rings (SSSR count). The van der Waals surface area contributed by atoms with Crippen molar-refractivity contribution in [3.05, 3.63) is 0 Å². The Morgan fingerprint density at radius 2 is 1.33 bits per heavy atom. The lowest BCUT2D eigenvalue weighted by Gasteiger charge is -2.41. The number of rotatable bonds is 6. The van der Waals surface area contributed by atoms with E-state index < -0.39 is 16.6 Å². The summed E-state index contributed by atoms with van der Waals surface area (Å²) in [5, 5.41) is 0.404. The van der Waals surface area contributed by atoms with Gasteiger partial charge in [0.25, 0.3) is 0 Å². The minimum atomic E-state index is -1.81. The Morgan fingerprint density at radius 3 is 1.67 bits per heavy atom. The Labute approximate surface area is 135 Å².